The molecule has 0 amide bonds. The Morgan fingerprint density at radius 2 is 2.04 bits per heavy atom. The summed E-state index contributed by atoms with van der Waals surface area (Å²) in [5.74, 6) is 1.79. The standard InChI is InChI=1S/C20H26BrN5/c1-22-19(24-13-15-7-10-23-18(11-15)26(2)3)25-14-20(8-9-20)16-5-4-6-17(21)12-16/h4-7,10-12H,8-9,13-14H2,1-3H3,(H2,22,24,25). The predicted octanol–water partition coefficient (Wildman–Crippen LogP) is 3.31. The Morgan fingerprint density at radius 3 is 2.69 bits per heavy atom. The van der Waals surface area contributed by atoms with Gasteiger partial charge in [-0.05, 0) is 48.2 Å². The van der Waals surface area contributed by atoms with Gasteiger partial charge in [0, 0.05) is 50.3 Å². The fourth-order valence-electron chi connectivity index (χ4n) is 3.01. The van der Waals surface area contributed by atoms with E-state index in [4.69, 9.17) is 0 Å². The molecule has 1 heterocycles. The zero-order valence-corrected chi connectivity index (χ0v) is 17.2. The Hall–Kier alpha value is -2.08. The van der Waals surface area contributed by atoms with Crippen LogP contribution in [0.3, 0.4) is 0 Å². The van der Waals surface area contributed by atoms with Crippen molar-refractivity contribution in [2.24, 2.45) is 4.99 Å². The first-order valence-corrected chi connectivity index (χ1v) is 9.64. The van der Waals surface area contributed by atoms with Crippen LogP contribution in [0.5, 0.6) is 0 Å². The monoisotopic (exact) mass is 415 g/mol. The molecule has 0 bridgehead atoms. The van der Waals surface area contributed by atoms with Crippen LogP contribution >= 0.6 is 15.9 Å². The third kappa shape index (κ3) is 4.55. The molecule has 138 valence electrons. The van der Waals surface area contributed by atoms with Gasteiger partial charge in [-0.15, -0.1) is 0 Å². The summed E-state index contributed by atoms with van der Waals surface area (Å²) in [5, 5.41) is 6.89. The van der Waals surface area contributed by atoms with Crippen molar-refractivity contribution in [3.63, 3.8) is 0 Å². The molecule has 2 aromatic rings. The van der Waals surface area contributed by atoms with Gasteiger partial charge >= 0.3 is 0 Å². The van der Waals surface area contributed by atoms with Crippen molar-refractivity contribution in [1.29, 1.82) is 0 Å². The molecule has 0 spiro atoms. The van der Waals surface area contributed by atoms with Crippen LogP contribution < -0.4 is 15.5 Å². The summed E-state index contributed by atoms with van der Waals surface area (Å²) in [6.07, 6.45) is 4.27. The molecule has 2 N–H and O–H groups in total. The lowest BCUT2D eigenvalue weighted by Crippen LogP contribution is -2.40. The summed E-state index contributed by atoms with van der Waals surface area (Å²) in [5.41, 5.74) is 2.80. The molecular weight excluding hydrogens is 390 g/mol. The van der Waals surface area contributed by atoms with Crippen molar-refractivity contribution < 1.29 is 0 Å². The lowest BCUT2D eigenvalue weighted by Gasteiger charge is -2.19. The van der Waals surface area contributed by atoms with Crippen LogP contribution in [0.1, 0.15) is 24.0 Å². The van der Waals surface area contributed by atoms with E-state index in [9.17, 15) is 0 Å². The molecule has 0 aliphatic heterocycles. The quantitative estimate of drug-likeness (QED) is 0.561. The lowest BCUT2D eigenvalue weighted by atomic mass is 9.96. The number of anilines is 1. The Labute approximate surface area is 164 Å². The maximum Gasteiger partial charge on any atom is 0.191 e. The molecule has 26 heavy (non-hydrogen) atoms. The van der Waals surface area contributed by atoms with E-state index in [2.05, 4.69) is 66.9 Å². The van der Waals surface area contributed by atoms with Crippen LogP contribution in [0.2, 0.25) is 0 Å². The van der Waals surface area contributed by atoms with Crippen molar-refractivity contribution in [3.8, 4) is 0 Å². The van der Waals surface area contributed by atoms with E-state index in [1.54, 1.807) is 0 Å². The minimum atomic E-state index is 0.232. The Morgan fingerprint density at radius 1 is 1.23 bits per heavy atom. The van der Waals surface area contributed by atoms with Crippen molar-refractivity contribution in [1.82, 2.24) is 15.6 Å². The Bertz CT molecular complexity index is 783. The Balaban J connectivity index is 1.56. The van der Waals surface area contributed by atoms with Crippen molar-refractivity contribution in [2.45, 2.75) is 24.8 Å². The van der Waals surface area contributed by atoms with Crippen LogP contribution in [0.15, 0.2) is 52.1 Å². The van der Waals surface area contributed by atoms with E-state index in [0.717, 1.165) is 22.8 Å². The van der Waals surface area contributed by atoms with Crippen LogP contribution in [-0.4, -0.2) is 38.6 Å². The zero-order valence-electron chi connectivity index (χ0n) is 15.6. The highest BCUT2D eigenvalue weighted by Crippen LogP contribution is 2.48. The van der Waals surface area contributed by atoms with Crippen LogP contribution in [0, 0.1) is 0 Å². The molecule has 1 aliphatic carbocycles. The van der Waals surface area contributed by atoms with Gasteiger partial charge < -0.3 is 15.5 Å². The fourth-order valence-corrected chi connectivity index (χ4v) is 3.41. The van der Waals surface area contributed by atoms with Gasteiger partial charge in [-0.1, -0.05) is 28.1 Å². The van der Waals surface area contributed by atoms with Gasteiger partial charge in [0.1, 0.15) is 5.82 Å². The SMILES string of the molecule is CN=C(NCc1ccnc(N(C)C)c1)NCC1(c2cccc(Br)c2)CC1. The average molecular weight is 416 g/mol. The number of nitrogens with one attached hydrogen (secondary N) is 2. The number of guanidine groups is 1. The van der Waals surface area contributed by atoms with E-state index in [-0.39, 0.29) is 5.41 Å². The summed E-state index contributed by atoms with van der Waals surface area (Å²) in [7, 11) is 5.81. The number of pyridine rings is 1. The number of halogens is 1. The number of rotatable bonds is 6. The van der Waals surface area contributed by atoms with E-state index in [0.29, 0.717) is 6.54 Å². The highest BCUT2D eigenvalue weighted by molar-refractivity contribution is 9.10. The second-order valence-electron chi connectivity index (χ2n) is 6.99. The minimum absolute atomic E-state index is 0.232. The molecule has 1 aliphatic rings. The molecule has 1 fully saturated rings. The van der Waals surface area contributed by atoms with E-state index >= 15 is 0 Å². The summed E-state index contributed by atoms with van der Waals surface area (Å²) < 4.78 is 1.14. The zero-order chi connectivity index (χ0) is 18.6. The molecule has 1 aromatic carbocycles. The smallest absolute Gasteiger partial charge is 0.191 e. The van der Waals surface area contributed by atoms with Crippen molar-refractivity contribution in [2.75, 3.05) is 32.6 Å². The van der Waals surface area contributed by atoms with Crippen LogP contribution in [-0.2, 0) is 12.0 Å². The number of hydrogen-bond acceptors (Lipinski definition) is 3. The predicted molar refractivity (Wildman–Crippen MR) is 112 cm³/mol. The van der Waals surface area contributed by atoms with Gasteiger partial charge in [0.05, 0.1) is 0 Å². The number of nitrogens with zero attached hydrogens (tertiary/aromatic N) is 3. The van der Waals surface area contributed by atoms with Crippen molar-refractivity contribution >= 4 is 27.7 Å². The van der Waals surface area contributed by atoms with E-state index in [1.165, 1.54) is 24.0 Å². The Kier molecular flexibility index (Phi) is 5.81. The largest absolute Gasteiger partial charge is 0.363 e. The average Bonchev–Trinajstić information content (AvgIpc) is 3.43. The highest BCUT2D eigenvalue weighted by atomic mass is 79.9. The van der Waals surface area contributed by atoms with Gasteiger partial charge in [-0.2, -0.15) is 0 Å². The van der Waals surface area contributed by atoms with E-state index < -0.39 is 0 Å². The second kappa shape index (κ2) is 8.08. The first-order chi connectivity index (χ1) is 12.5. The first kappa shape index (κ1) is 18.7. The molecule has 1 aromatic heterocycles. The number of hydrogen-bond donors (Lipinski definition) is 2. The van der Waals surface area contributed by atoms with Gasteiger partial charge in [0.2, 0.25) is 0 Å². The third-order valence-electron chi connectivity index (χ3n) is 4.84. The molecule has 6 heteroatoms. The first-order valence-electron chi connectivity index (χ1n) is 8.85. The van der Waals surface area contributed by atoms with Crippen molar-refractivity contribution in [3.05, 3.63) is 58.2 Å². The summed E-state index contributed by atoms with van der Waals surface area (Å²) in [6.45, 7) is 1.61. The molecule has 5 nitrogen and oxygen atoms in total. The molecule has 0 saturated heterocycles. The van der Waals surface area contributed by atoms with Gasteiger partial charge in [-0.3, -0.25) is 4.99 Å². The molecule has 1 saturated carbocycles. The normalized spacial score (nSPS) is 15.5. The summed E-state index contributed by atoms with van der Waals surface area (Å²) in [6, 6.07) is 12.7. The third-order valence-corrected chi connectivity index (χ3v) is 5.33. The molecular formula is C20H26BrN5. The maximum absolute atomic E-state index is 4.36. The molecule has 0 unspecified atom stereocenters. The van der Waals surface area contributed by atoms with Gasteiger partial charge in [0.25, 0.3) is 0 Å². The summed E-state index contributed by atoms with van der Waals surface area (Å²) in [4.78, 5) is 10.7. The maximum atomic E-state index is 4.36. The minimum Gasteiger partial charge on any atom is -0.363 e. The van der Waals surface area contributed by atoms with Crippen LogP contribution in [0.25, 0.3) is 0 Å². The highest BCUT2D eigenvalue weighted by Gasteiger charge is 2.44. The number of benzene rings is 1. The number of aromatic nitrogens is 1. The number of aliphatic imine (C=N–C) groups is 1. The molecule has 0 atom stereocenters. The van der Waals surface area contributed by atoms with E-state index in [1.807, 2.05) is 38.3 Å². The lowest BCUT2D eigenvalue weighted by molar-refractivity contribution is 0.645. The fraction of sp³-hybridized carbons (Fsp3) is 0.400. The molecule has 0 radical (unpaired) electrons. The van der Waals surface area contributed by atoms with Gasteiger partial charge in [-0.25, -0.2) is 4.98 Å². The molecule has 3 rings (SSSR count). The summed E-state index contributed by atoms with van der Waals surface area (Å²) >= 11 is 3.58. The topological polar surface area (TPSA) is 52.6 Å². The van der Waals surface area contributed by atoms with Crippen LogP contribution in [0.4, 0.5) is 5.82 Å². The second-order valence-corrected chi connectivity index (χ2v) is 7.90. The van der Waals surface area contributed by atoms with Gasteiger partial charge in [0.15, 0.2) is 5.96 Å².